The molecule has 0 aliphatic carbocycles. The van der Waals surface area contributed by atoms with Gasteiger partial charge in [0.05, 0.1) is 0 Å². The maximum atomic E-state index is 3.11. The van der Waals surface area contributed by atoms with Crippen molar-refractivity contribution in [2.45, 2.75) is 20.3 Å². The molecule has 0 spiro atoms. The number of rotatable bonds is 1. The second kappa shape index (κ2) is 5.04. The van der Waals surface area contributed by atoms with Crippen molar-refractivity contribution in [3.8, 4) is 0 Å². The molecule has 1 heteroatoms. The summed E-state index contributed by atoms with van der Waals surface area (Å²) in [7, 11) is 0. The summed E-state index contributed by atoms with van der Waals surface area (Å²) in [6, 6.07) is 9.36. The van der Waals surface area contributed by atoms with Gasteiger partial charge in [0.1, 0.15) is 0 Å². The van der Waals surface area contributed by atoms with E-state index in [4.69, 9.17) is 0 Å². The third-order valence-electron chi connectivity index (χ3n) is 1.42. The topological polar surface area (TPSA) is 0 Å². The van der Waals surface area contributed by atoms with Gasteiger partial charge in [-0.05, 0) is 0 Å². The van der Waals surface area contributed by atoms with Crippen LogP contribution in [0.1, 0.15) is 18.1 Å². The summed E-state index contributed by atoms with van der Waals surface area (Å²) in [5.41, 5.74) is 2.63. The molecule has 0 heterocycles. The zero-order valence-electron chi connectivity index (χ0n) is 6.52. The number of hydrogen-bond donors (Lipinski definition) is 0. The molecule has 10 heavy (non-hydrogen) atoms. The minimum Gasteiger partial charge on any atom is -0.181 e. The van der Waals surface area contributed by atoms with Crippen molar-refractivity contribution in [1.82, 2.24) is 0 Å². The Balaban J connectivity index is 0.000000810. The van der Waals surface area contributed by atoms with Gasteiger partial charge in [-0.25, -0.2) is 0 Å². The molecule has 0 saturated heterocycles. The number of benzene rings is 1. The Morgan fingerprint density at radius 1 is 1.50 bits per heavy atom. The second-order valence-corrected chi connectivity index (χ2v) is 2.23. The van der Waals surface area contributed by atoms with Crippen molar-refractivity contribution in [3.05, 3.63) is 35.4 Å². The molecule has 1 radical (unpaired) electrons. The average molecular weight is 208 g/mol. The van der Waals surface area contributed by atoms with E-state index in [1.54, 1.807) is 0 Å². The van der Waals surface area contributed by atoms with Gasteiger partial charge in [0.25, 0.3) is 0 Å². The molecule has 0 atom stereocenters. The van der Waals surface area contributed by atoms with Crippen LogP contribution in [0.3, 0.4) is 0 Å². The third-order valence-corrected chi connectivity index (χ3v) is 1.42. The summed E-state index contributed by atoms with van der Waals surface area (Å²) in [5.74, 6) is 0. The third kappa shape index (κ3) is 2.94. The standard InChI is InChI=1S/C9H11.Y/c1-3-9-6-4-5-8(2)7-9;/h4,6-7H,3H2,1-2H3;/q-1;. The van der Waals surface area contributed by atoms with E-state index in [0.29, 0.717) is 0 Å². The molecule has 0 fully saturated rings. The van der Waals surface area contributed by atoms with Gasteiger partial charge in [-0.15, -0.1) is 0 Å². The molecule has 0 aliphatic heterocycles. The van der Waals surface area contributed by atoms with E-state index in [1.807, 2.05) is 6.07 Å². The van der Waals surface area contributed by atoms with Crippen molar-refractivity contribution in [2.75, 3.05) is 0 Å². The van der Waals surface area contributed by atoms with Crippen LogP contribution in [0.2, 0.25) is 0 Å². The summed E-state index contributed by atoms with van der Waals surface area (Å²) in [4.78, 5) is 0. The van der Waals surface area contributed by atoms with Crippen LogP contribution in [0.25, 0.3) is 0 Å². The van der Waals surface area contributed by atoms with Gasteiger partial charge in [-0.1, -0.05) is 20.3 Å². The quantitative estimate of drug-likeness (QED) is 0.621. The number of hydrogen-bond acceptors (Lipinski definition) is 0. The van der Waals surface area contributed by atoms with Gasteiger partial charge in [0.2, 0.25) is 0 Å². The van der Waals surface area contributed by atoms with E-state index in [9.17, 15) is 0 Å². The fourth-order valence-corrected chi connectivity index (χ4v) is 0.868. The van der Waals surface area contributed by atoms with E-state index in [1.165, 1.54) is 11.1 Å². The van der Waals surface area contributed by atoms with E-state index < -0.39 is 0 Å². The largest absolute Gasteiger partial charge is 0.181 e. The Hall–Kier alpha value is 0.324. The molecule has 0 N–H and O–H groups in total. The van der Waals surface area contributed by atoms with Crippen LogP contribution in [0.5, 0.6) is 0 Å². The minimum absolute atomic E-state index is 0. The first-order valence-corrected chi connectivity index (χ1v) is 3.30. The van der Waals surface area contributed by atoms with Crippen LogP contribution in [-0.2, 0) is 39.1 Å². The smallest absolute Gasteiger partial charge is 0 e. The zero-order valence-corrected chi connectivity index (χ0v) is 9.35. The van der Waals surface area contributed by atoms with Crippen LogP contribution in [-0.4, -0.2) is 0 Å². The van der Waals surface area contributed by atoms with Crippen molar-refractivity contribution >= 4 is 0 Å². The van der Waals surface area contributed by atoms with E-state index >= 15 is 0 Å². The minimum atomic E-state index is 0. The monoisotopic (exact) mass is 208 g/mol. The predicted octanol–water partition coefficient (Wildman–Crippen LogP) is 2.36. The molecule has 0 aromatic heterocycles. The Morgan fingerprint density at radius 3 is 2.60 bits per heavy atom. The molecule has 51 valence electrons. The molecule has 1 aromatic carbocycles. The SMILES string of the molecule is CCc1cc[c-]c(C)c1.[Y]. The molecule has 0 unspecified atom stereocenters. The summed E-state index contributed by atoms with van der Waals surface area (Å²) in [6.07, 6.45) is 1.12. The van der Waals surface area contributed by atoms with Crippen LogP contribution in [0, 0.1) is 13.0 Å². The first-order chi connectivity index (χ1) is 4.33. The van der Waals surface area contributed by atoms with E-state index in [-0.39, 0.29) is 32.7 Å². The van der Waals surface area contributed by atoms with Gasteiger partial charge in [0.15, 0.2) is 0 Å². The molecular formula is C9H11Y-. The van der Waals surface area contributed by atoms with E-state index in [0.717, 1.165) is 6.42 Å². The molecule has 1 rings (SSSR count). The molecule has 0 bridgehead atoms. The number of aryl methyl sites for hydroxylation is 2. The van der Waals surface area contributed by atoms with Gasteiger partial charge < -0.3 is 0 Å². The maximum absolute atomic E-state index is 3.11. The summed E-state index contributed by atoms with van der Waals surface area (Å²) in [5, 5.41) is 0. The molecule has 0 saturated carbocycles. The molecule has 0 aliphatic rings. The summed E-state index contributed by atoms with van der Waals surface area (Å²) >= 11 is 0. The fraction of sp³-hybridized carbons (Fsp3) is 0.333. The molecule has 0 nitrogen and oxygen atoms in total. The van der Waals surface area contributed by atoms with Crippen molar-refractivity contribution < 1.29 is 32.7 Å². The predicted molar refractivity (Wildman–Crippen MR) is 39.4 cm³/mol. The zero-order chi connectivity index (χ0) is 6.69. The van der Waals surface area contributed by atoms with Crippen molar-refractivity contribution in [1.29, 1.82) is 0 Å². The molecule has 1 aromatic rings. The van der Waals surface area contributed by atoms with Crippen LogP contribution >= 0.6 is 0 Å². The average Bonchev–Trinajstić information content (AvgIpc) is 1.88. The van der Waals surface area contributed by atoms with Crippen molar-refractivity contribution in [2.24, 2.45) is 0 Å². The Kier molecular flexibility index (Phi) is 5.20. The van der Waals surface area contributed by atoms with Gasteiger partial charge in [-0.2, -0.15) is 35.4 Å². The van der Waals surface area contributed by atoms with Gasteiger partial charge in [0, 0.05) is 32.7 Å². The Bertz CT molecular complexity index is 194. The fourth-order valence-electron chi connectivity index (χ4n) is 0.868. The van der Waals surface area contributed by atoms with Crippen LogP contribution < -0.4 is 0 Å². The first-order valence-electron chi connectivity index (χ1n) is 3.30. The summed E-state index contributed by atoms with van der Waals surface area (Å²) < 4.78 is 0. The molecule has 0 amide bonds. The van der Waals surface area contributed by atoms with Gasteiger partial charge in [-0.3, -0.25) is 0 Å². The van der Waals surface area contributed by atoms with Gasteiger partial charge >= 0.3 is 0 Å². The van der Waals surface area contributed by atoms with Crippen molar-refractivity contribution in [3.63, 3.8) is 0 Å². The molecular weight excluding hydrogens is 197 g/mol. The maximum Gasteiger partial charge on any atom is 0 e. The second-order valence-electron chi connectivity index (χ2n) is 2.23. The Labute approximate surface area is 87.9 Å². The summed E-state index contributed by atoms with van der Waals surface area (Å²) in [6.45, 7) is 4.23. The normalized spacial score (nSPS) is 8.60. The first kappa shape index (κ1) is 10.3. The van der Waals surface area contributed by atoms with Crippen LogP contribution in [0.15, 0.2) is 18.2 Å². The van der Waals surface area contributed by atoms with Crippen LogP contribution in [0.4, 0.5) is 0 Å². The van der Waals surface area contributed by atoms with E-state index in [2.05, 4.69) is 32.0 Å². The Morgan fingerprint density at radius 2 is 2.20 bits per heavy atom.